The summed E-state index contributed by atoms with van der Waals surface area (Å²) in [6.07, 6.45) is 3.03. The Kier molecular flexibility index (Phi) is 9.21. The number of aliphatic hydroxyl groups excluding tert-OH is 1. The molecule has 4 heteroatoms. The van der Waals surface area contributed by atoms with Crippen LogP contribution >= 0.6 is 21.9 Å². The lowest BCUT2D eigenvalue weighted by molar-refractivity contribution is 0.284. The zero-order chi connectivity index (χ0) is 6.95. The van der Waals surface area contributed by atoms with Gasteiger partial charge in [0.25, 0.3) is 0 Å². The normalized spacial score (nSPS) is 10.0. The van der Waals surface area contributed by atoms with Gasteiger partial charge in [-0.2, -0.15) is 0 Å². The Morgan fingerprint density at radius 1 is 1.11 bits per heavy atom. The zero-order valence-electron chi connectivity index (χ0n) is 5.25. The molecule has 0 aromatic heterocycles. The van der Waals surface area contributed by atoms with Gasteiger partial charge in [0, 0.05) is 12.4 Å². The molecule has 0 saturated carbocycles. The highest BCUT2D eigenvalue weighted by Crippen LogP contribution is 2.17. The van der Waals surface area contributed by atoms with Gasteiger partial charge in [0.15, 0.2) is 0 Å². The summed E-state index contributed by atoms with van der Waals surface area (Å²) in [6, 6.07) is 0. The lowest BCUT2D eigenvalue weighted by atomic mass is 10.3. The summed E-state index contributed by atoms with van der Waals surface area (Å²) >= 11 is 0.814. The van der Waals surface area contributed by atoms with E-state index in [2.05, 4.69) is 0 Å². The topological polar surface area (TPSA) is 40.5 Å². The second-order valence-electron chi connectivity index (χ2n) is 1.68. The highest BCUT2D eigenvalue weighted by Gasteiger charge is 1.87. The van der Waals surface area contributed by atoms with E-state index >= 15 is 0 Å². The molecule has 0 fully saturated rings. The fourth-order valence-electron chi connectivity index (χ4n) is 0.487. The molecule has 0 radical (unpaired) electrons. The highest BCUT2D eigenvalue weighted by atomic mass is 33.1. The second kappa shape index (κ2) is 8.62. The van der Waals surface area contributed by atoms with Crippen LogP contribution < -0.4 is 0 Å². The van der Waals surface area contributed by atoms with Gasteiger partial charge < -0.3 is 9.66 Å². The Morgan fingerprint density at radius 3 is 2.44 bits per heavy atom. The molecule has 0 aliphatic carbocycles. The first-order valence-electron chi connectivity index (χ1n) is 2.95. The van der Waals surface area contributed by atoms with Gasteiger partial charge in [-0.3, -0.25) is 0 Å². The van der Waals surface area contributed by atoms with Crippen molar-refractivity contribution >= 4 is 21.9 Å². The largest absolute Gasteiger partial charge is 0.396 e. The fourth-order valence-corrected chi connectivity index (χ4v) is 1.46. The van der Waals surface area contributed by atoms with E-state index in [0.29, 0.717) is 0 Å². The SMILES string of the molecule is OCCCCCSSO. The molecule has 56 valence electrons. The van der Waals surface area contributed by atoms with Crippen molar-refractivity contribution in [2.24, 2.45) is 0 Å². The van der Waals surface area contributed by atoms with Crippen molar-refractivity contribution in [2.45, 2.75) is 19.3 Å². The summed E-state index contributed by atoms with van der Waals surface area (Å²) in [5.41, 5.74) is 0. The Bertz CT molecular complexity index is 46.2. The summed E-state index contributed by atoms with van der Waals surface area (Å²) in [6.45, 7) is 0.289. The van der Waals surface area contributed by atoms with Crippen LogP contribution in [-0.4, -0.2) is 22.0 Å². The van der Waals surface area contributed by atoms with Crippen LogP contribution in [0.1, 0.15) is 19.3 Å². The van der Waals surface area contributed by atoms with Crippen LogP contribution in [-0.2, 0) is 0 Å². The molecule has 0 aromatic rings. The number of hydrogen-bond acceptors (Lipinski definition) is 4. The lowest BCUT2D eigenvalue weighted by Crippen LogP contribution is -1.83. The van der Waals surface area contributed by atoms with Crippen molar-refractivity contribution in [1.82, 2.24) is 0 Å². The maximum absolute atomic E-state index is 8.36. The van der Waals surface area contributed by atoms with E-state index < -0.39 is 0 Å². The van der Waals surface area contributed by atoms with E-state index in [-0.39, 0.29) is 6.61 Å². The van der Waals surface area contributed by atoms with E-state index in [1.54, 1.807) is 0 Å². The van der Waals surface area contributed by atoms with Gasteiger partial charge in [0.1, 0.15) is 0 Å². The molecular weight excluding hydrogens is 156 g/mol. The molecule has 0 heterocycles. The molecular formula is C5H12O2S2. The van der Waals surface area contributed by atoms with Crippen LogP contribution in [0.15, 0.2) is 0 Å². The standard InChI is InChI=1S/C5H12O2S2/c6-4-2-1-3-5-8-9-7/h6-7H,1-5H2. The average molecular weight is 168 g/mol. The first-order valence-corrected chi connectivity index (χ1v) is 5.23. The van der Waals surface area contributed by atoms with Crippen molar-refractivity contribution < 1.29 is 9.66 Å². The third-order valence-electron chi connectivity index (χ3n) is 0.938. The molecule has 0 aliphatic heterocycles. The number of unbranched alkanes of at least 4 members (excludes halogenated alkanes) is 2. The fraction of sp³-hybridized carbons (Fsp3) is 1.00. The predicted molar refractivity (Wildman–Crippen MR) is 43.6 cm³/mol. The Hall–Kier alpha value is 0.620. The molecule has 0 atom stereocenters. The van der Waals surface area contributed by atoms with Crippen LogP contribution in [0.4, 0.5) is 0 Å². The van der Waals surface area contributed by atoms with E-state index in [9.17, 15) is 0 Å². The summed E-state index contributed by atoms with van der Waals surface area (Å²) in [4.78, 5) is 0. The molecule has 2 N–H and O–H groups in total. The Labute approximate surface area is 63.6 Å². The number of hydrogen-bond donors (Lipinski definition) is 2. The maximum Gasteiger partial charge on any atom is 0.0593 e. The molecule has 0 amide bonds. The van der Waals surface area contributed by atoms with Gasteiger partial charge in [0.05, 0.1) is 11.1 Å². The quantitative estimate of drug-likeness (QED) is 0.361. The Balaban J connectivity index is 2.60. The third kappa shape index (κ3) is 8.62. The summed E-state index contributed by atoms with van der Waals surface area (Å²) in [5.74, 6) is 0.973. The summed E-state index contributed by atoms with van der Waals surface area (Å²) in [7, 11) is 1.45. The number of aliphatic hydroxyl groups is 1. The van der Waals surface area contributed by atoms with Crippen LogP contribution in [0.3, 0.4) is 0 Å². The second-order valence-corrected chi connectivity index (χ2v) is 3.63. The maximum atomic E-state index is 8.36. The third-order valence-corrected chi connectivity index (χ3v) is 2.32. The smallest absolute Gasteiger partial charge is 0.0593 e. The van der Waals surface area contributed by atoms with E-state index in [4.69, 9.17) is 9.66 Å². The van der Waals surface area contributed by atoms with Crippen LogP contribution in [0.25, 0.3) is 0 Å². The molecule has 0 unspecified atom stereocenters. The molecule has 9 heavy (non-hydrogen) atoms. The minimum Gasteiger partial charge on any atom is -0.396 e. The van der Waals surface area contributed by atoms with Crippen LogP contribution in [0.5, 0.6) is 0 Å². The minimum absolute atomic E-state index is 0.289. The first kappa shape index (κ1) is 9.62. The predicted octanol–water partition coefficient (Wildman–Crippen LogP) is 2.00. The first-order chi connectivity index (χ1) is 4.41. The van der Waals surface area contributed by atoms with E-state index in [1.165, 1.54) is 10.8 Å². The number of rotatable bonds is 6. The van der Waals surface area contributed by atoms with Gasteiger partial charge in [0.2, 0.25) is 0 Å². The molecule has 0 saturated heterocycles. The minimum atomic E-state index is 0.289. The van der Waals surface area contributed by atoms with Crippen LogP contribution in [0, 0.1) is 0 Å². The summed E-state index contributed by atoms with van der Waals surface area (Å²) in [5, 5.41) is 8.36. The van der Waals surface area contributed by atoms with Gasteiger partial charge in [-0.1, -0.05) is 17.2 Å². The summed E-state index contributed by atoms with van der Waals surface area (Å²) < 4.78 is 8.25. The molecule has 0 bridgehead atoms. The van der Waals surface area contributed by atoms with Crippen molar-refractivity contribution in [2.75, 3.05) is 12.4 Å². The lowest BCUT2D eigenvalue weighted by Gasteiger charge is -1.94. The Morgan fingerprint density at radius 2 is 1.89 bits per heavy atom. The van der Waals surface area contributed by atoms with Gasteiger partial charge in [-0.15, -0.1) is 0 Å². The van der Waals surface area contributed by atoms with Gasteiger partial charge in [-0.05, 0) is 12.8 Å². The van der Waals surface area contributed by atoms with Gasteiger partial charge in [-0.25, -0.2) is 0 Å². The zero-order valence-corrected chi connectivity index (χ0v) is 6.88. The molecule has 0 aliphatic rings. The van der Waals surface area contributed by atoms with Gasteiger partial charge >= 0.3 is 0 Å². The van der Waals surface area contributed by atoms with Crippen molar-refractivity contribution in [1.29, 1.82) is 0 Å². The van der Waals surface area contributed by atoms with Crippen molar-refractivity contribution in [3.63, 3.8) is 0 Å². The average Bonchev–Trinajstić information content (AvgIpc) is 1.89. The van der Waals surface area contributed by atoms with Crippen LogP contribution in [0.2, 0.25) is 0 Å². The highest BCUT2D eigenvalue weighted by molar-refractivity contribution is 8.74. The van der Waals surface area contributed by atoms with E-state index in [0.717, 1.165) is 36.1 Å². The molecule has 0 aromatic carbocycles. The van der Waals surface area contributed by atoms with Crippen molar-refractivity contribution in [3.8, 4) is 0 Å². The monoisotopic (exact) mass is 168 g/mol. The molecule has 0 rings (SSSR count). The molecule has 2 nitrogen and oxygen atoms in total. The van der Waals surface area contributed by atoms with Crippen molar-refractivity contribution in [3.05, 3.63) is 0 Å². The van der Waals surface area contributed by atoms with E-state index in [1.807, 2.05) is 0 Å². The molecule has 0 spiro atoms.